The summed E-state index contributed by atoms with van der Waals surface area (Å²) in [5.74, 6) is 0.333. The molecule has 17 heavy (non-hydrogen) atoms. The predicted molar refractivity (Wildman–Crippen MR) is 67.8 cm³/mol. The molecule has 3 heteroatoms. The molecule has 0 aromatic heterocycles. The van der Waals surface area contributed by atoms with Crippen LogP contribution in [-0.4, -0.2) is 19.2 Å². The Bertz CT molecular complexity index is 421. The molecule has 0 fully saturated rings. The van der Waals surface area contributed by atoms with Crippen molar-refractivity contribution in [1.29, 1.82) is 0 Å². The number of ether oxygens (including phenoxy) is 2. The van der Waals surface area contributed by atoms with Crippen LogP contribution >= 0.6 is 0 Å². The van der Waals surface area contributed by atoms with E-state index >= 15 is 0 Å². The molecule has 3 nitrogen and oxygen atoms in total. The van der Waals surface area contributed by atoms with Gasteiger partial charge in [-0.05, 0) is 13.0 Å². The number of carbonyl (C=O) groups is 1. The maximum absolute atomic E-state index is 11.1. The highest BCUT2D eigenvalue weighted by atomic mass is 16.6. The Hall–Kier alpha value is -2.03. The van der Waals surface area contributed by atoms with E-state index in [2.05, 4.69) is 13.2 Å². The summed E-state index contributed by atoms with van der Waals surface area (Å²) in [7, 11) is 0. The maximum Gasteiger partial charge on any atom is 0.333 e. The fourth-order valence-corrected chi connectivity index (χ4v) is 1.19. The van der Waals surface area contributed by atoms with E-state index in [-0.39, 0.29) is 6.61 Å². The van der Waals surface area contributed by atoms with Crippen molar-refractivity contribution in [1.82, 2.24) is 0 Å². The molecular formula is C14H16O3. The lowest BCUT2D eigenvalue weighted by atomic mass is 10.2. The largest absolute Gasteiger partial charge is 0.489 e. The Morgan fingerprint density at radius 1 is 1.35 bits per heavy atom. The molecule has 0 N–H and O–H groups in total. The van der Waals surface area contributed by atoms with E-state index < -0.39 is 5.97 Å². The molecule has 1 aromatic rings. The van der Waals surface area contributed by atoms with Crippen molar-refractivity contribution in [2.24, 2.45) is 0 Å². The summed E-state index contributed by atoms with van der Waals surface area (Å²) < 4.78 is 10.4. The van der Waals surface area contributed by atoms with E-state index in [4.69, 9.17) is 9.47 Å². The summed E-state index contributed by atoms with van der Waals surface area (Å²) in [6, 6.07) is 7.53. The highest BCUT2D eigenvalue weighted by molar-refractivity contribution is 5.86. The fourth-order valence-electron chi connectivity index (χ4n) is 1.19. The molecule has 0 heterocycles. The fraction of sp³-hybridized carbons (Fsp3) is 0.214. The van der Waals surface area contributed by atoms with E-state index in [1.54, 1.807) is 13.0 Å². The van der Waals surface area contributed by atoms with Crippen LogP contribution in [0.15, 0.2) is 43.0 Å². The van der Waals surface area contributed by atoms with Crippen LogP contribution in [0, 0.1) is 0 Å². The van der Waals surface area contributed by atoms with Crippen molar-refractivity contribution in [3.8, 4) is 5.75 Å². The zero-order valence-electron chi connectivity index (χ0n) is 9.94. The van der Waals surface area contributed by atoms with Crippen LogP contribution in [-0.2, 0) is 9.53 Å². The smallest absolute Gasteiger partial charge is 0.333 e. The average Bonchev–Trinajstić information content (AvgIpc) is 2.34. The zero-order chi connectivity index (χ0) is 12.7. The van der Waals surface area contributed by atoms with Gasteiger partial charge in [-0.15, -0.1) is 0 Å². The van der Waals surface area contributed by atoms with Gasteiger partial charge in [0.2, 0.25) is 0 Å². The minimum absolute atomic E-state index is 0.206. The number of carbonyl (C=O) groups excluding carboxylic acids is 1. The monoisotopic (exact) mass is 232 g/mol. The number of rotatable bonds is 6. The third-order valence-electron chi connectivity index (χ3n) is 2.06. The summed E-state index contributed by atoms with van der Waals surface area (Å²) in [6.07, 6.45) is 1.72. The van der Waals surface area contributed by atoms with Crippen molar-refractivity contribution in [2.75, 3.05) is 13.2 Å². The third kappa shape index (κ3) is 4.15. The summed E-state index contributed by atoms with van der Waals surface area (Å²) in [5, 5.41) is 0. The Morgan fingerprint density at radius 3 is 2.71 bits per heavy atom. The lowest BCUT2D eigenvalue weighted by Crippen LogP contribution is -2.12. The number of hydrogen-bond donors (Lipinski definition) is 0. The second kappa shape index (κ2) is 6.53. The minimum atomic E-state index is -0.398. The van der Waals surface area contributed by atoms with Gasteiger partial charge in [-0.3, -0.25) is 0 Å². The Labute approximate surface area is 101 Å². The summed E-state index contributed by atoms with van der Waals surface area (Å²) in [5.41, 5.74) is 1.30. The van der Waals surface area contributed by atoms with E-state index in [0.29, 0.717) is 12.2 Å². The average molecular weight is 232 g/mol. The molecule has 0 unspecified atom stereocenters. The first-order valence-electron chi connectivity index (χ1n) is 5.32. The van der Waals surface area contributed by atoms with Gasteiger partial charge >= 0.3 is 5.97 Å². The maximum atomic E-state index is 11.1. The first kappa shape index (κ1) is 13.0. The van der Waals surface area contributed by atoms with Crippen molar-refractivity contribution >= 4 is 12.0 Å². The number of benzene rings is 1. The van der Waals surface area contributed by atoms with Crippen LogP contribution in [0.5, 0.6) is 5.75 Å². The van der Waals surface area contributed by atoms with Gasteiger partial charge in [0.05, 0.1) is 0 Å². The molecule has 0 radical (unpaired) electrons. The Kier molecular flexibility index (Phi) is 5.01. The van der Waals surface area contributed by atoms with Gasteiger partial charge in [0.25, 0.3) is 0 Å². The number of esters is 1. The molecule has 0 bridgehead atoms. The van der Waals surface area contributed by atoms with Gasteiger partial charge in [-0.25, -0.2) is 4.79 Å². The molecule has 1 aromatic carbocycles. The molecule has 0 atom stereocenters. The molecule has 0 saturated carbocycles. The lowest BCUT2D eigenvalue weighted by Gasteiger charge is -2.09. The molecule has 1 rings (SSSR count). The van der Waals surface area contributed by atoms with Crippen molar-refractivity contribution in [3.63, 3.8) is 0 Å². The molecule has 0 aliphatic rings. The normalized spacial score (nSPS) is 9.47. The Balaban J connectivity index is 2.38. The molecular weight excluding hydrogens is 216 g/mol. The van der Waals surface area contributed by atoms with Crippen LogP contribution in [0.25, 0.3) is 6.08 Å². The first-order valence-corrected chi connectivity index (χ1v) is 5.32. The van der Waals surface area contributed by atoms with Gasteiger partial charge in [0, 0.05) is 11.1 Å². The summed E-state index contributed by atoms with van der Waals surface area (Å²) in [6.45, 7) is 9.31. The standard InChI is InChI=1S/C14H16O3/c1-4-12-7-5-6-8-13(12)16-9-10-17-14(15)11(2)3/h4-8H,1-2,9-10H2,3H3. The highest BCUT2D eigenvalue weighted by Crippen LogP contribution is 2.18. The van der Waals surface area contributed by atoms with Crippen molar-refractivity contribution in [2.45, 2.75) is 6.92 Å². The number of para-hydroxylation sites is 1. The second-order valence-corrected chi connectivity index (χ2v) is 3.51. The molecule has 0 saturated heterocycles. The second-order valence-electron chi connectivity index (χ2n) is 3.51. The first-order chi connectivity index (χ1) is 8.15. The molecule has 0 aliphatic heterocycles. The molecule has 0 amide bonds. The SMILES string of the molecule is C=Cc1ccccc1OCCOC(=O)C(=C)C. The van der Waals surface area contributed by atoms with Crippen molar-refractivity contribution < 1.29 is 14.3 Å². The predicted octanol–water partition coefficient (Wildman–Crippen LogP) is 2.83. The van der Waals surface area contributed by atoms with Crippen LogP contribution < -0.4 is 4.74 Å². The highest BCUT2D eigenvalue weighted by Gasteiger charge is 2.03. The van der Waals surface area contributed by atoms with Gasteiger partial charge in [0.15, 0.2) is 0 Å². The Morgan fingerprint density at radius 2 is 2.06 bits per heavy atom. The molecule has 90 valence electrons. The van der Waals surface area contributed by atoms with Gasteiger partial charge in [-0.2, -0.15) is 0 Å². The third-order valence-corrected chi connectivity index (χ3v) is 2.06. The lowest BCUT2D eigenvalue weighted by molar-refractivity contribution is -0.139. The van der Waals surface area contributed by atoms with Crippen LogP contribution in [0.4, 0.5) is 0 Å². The van der Waals surface area contributed by atoms with Crippen molar-refractivity contribution in [3.05, 3.63) is 48.6 Å². The van der Waals surface area contributed by atoms with E-state index in [9.17, 15) is 4.79 Å². The summed E-state index contributed by atoms with van der Waals surface area (Å²) >= 11 is 0. The van der Waals surface area contributed by atoms with Crippen LogP contribution in [0.2, 0.25) is 0 Å². The van der Waals surface area contributed by atoms with E-state index in [1.807, 2.05) is 24.3 Å². The minimum Gasteiger partial charge on any atom is -0.489 e. The van der Waals surface area contributed by atoms with Gasteiger partial charge in [-0.1, -0.05) is 37.4 Å². The van der Waals surface area contributed by atoms with E-state index in [0.717, 1.165) is 11.3 Å². The molecule has 0 aliphatic carbocycles. The van der Waals surface area contributed by atoms with E-state index in [1.165, 1.54) is 0 Å². The van der Waals surface area contributed by atoms with Crippen LogP contribution in [0.3, 0.4) is 0 Å². The van der Waals surface area contributed by atoms with Gasteiger partial charge < -0.3 is 9.47 Å². The zero-order valence-corrected chi connectivity index (χ0v) is 9.94. The summed E-state index contributed by atoms with van der Waals surface area (Å²) in [4.78, 5) is 11.1. The topological polar surface area (TPSA) is 35.5 Å². The van der Waals surface area contributed by atoms with Gasteiger partial charge in [0.1, 0.15) is 19.0 Å². The number of hydrogen-bond acceptors (Lipinski definition) is 3. The van der Waals surface area contributed by atoms with Crippen LogP contribution in [0.1, 0.15) is 12.5 Å². The quantitative estimate of drug-likeness (QED) is 0.430. The molecule has 0 spiro atoms.